The molecule has 1 atom stereocenters. The first-order valence-electron chi connectivity index (χ1n) is 7.77. The highest BCUT2D eigenvalue weighted by atomic mass is 16.5. The Bertz CT molecular complexity index is 748. The van der Waals surface area contributed by atoms with Crippen molar-refractivity contribution in [3.8, 4) is 5.75 Å². The molecule has 3 aromatic rings. The molecule has 8 nitrogen and oxygen atoms in total. The highest BCUT2D eigenvalue weighted by Gasteiger charge is 2.06. The number of hydrogen-bond donors (Lipinski definition) is 4. The molecule has 0 fully saturated rings. The molecule has 2 aromatic heterocycles. The summed E-state index contributed by atoms with van der Waals surface area (Å²) in [6.45, 7) is 2.07. The molecule has 0 saturated carbocycles. The van der Waals surface area contributed by atoms with Crippen LogP contribution < -0.4 is 15.4 Å². The number of ether oxygens (including phenoxy) is 1. The monoisotopic (exact) mass is 328 g/mol. The molecular formula is C16H20N6O2. The van der Waals surface area contributed by atoms with Gasteiger partial charge < -0.3 is 20.5 Å². The summed E-state index contributed by atoms with van der Waals surface area (Å²) in [5.41, 5.74) is 0.703. The average molecular weight is 328 g/mol. The van der Waals surface area contributed by atoms with Crippen molar-refractivity contribution >= 4 is 16.9 Å². The molecule has 0 saturated heterocycles. The van der Waals surface area contributed by atoms with Crippen LogP contribution in [0.4, 0.5) is 5.82 Å². The summed E-state index contributed by atoms with van der Waals surface area (Å²) in [6, 6.07) is 9.45. The van der Waals surface area contributed by atoms with Crippen LogP contribution in [0.5, 0.6) is 5.75 Å². The number of nitrogens with one attached hydrogen (secondary N) is 3. The molecule has 3 rings (SSSR count). The fourth-order valence-electron chi connectivity index (χ4n) is 2.21. The minimum absolute atomic E-state index is 0.256. The molecule has 24 heavy (non-hydrogen) atoms. The standard InChI is InChI=1S/C16H20N6O2/c23-12(10-24-13-4-2-1-3-5-13)8-17-6-7-18-15-14-9-21-22-16(14)20-11-19-15/h1-5,9,11-12,17,23H,6-8,10H2,(H2,18,19,20,21,22). The largest absolute Gasteiger partial charge is 0.491 e. The van der Waals surface area contributed by atoms with Crippen LogP contribution in [0, 0.1) is 0 Å². The molecular weight excluding hydrogens is 308 g/mol. The van der Waals surface area contributed by atoms with Gasteiger partial charge in [-0.25, -0.2) is 9.97 Å². The van der Waals surface area contributed by atoms with Gasteiger partial charge in [-0.3, -0.25) is 5.10 Å². The smallest absolute Gasteiger partial charge is 0.160 e. The molecule has 4 N–H and O–H groups in total. The lowest BCUT2D eigenvalue weighted by atomic mass is 10.3. The van der Waals surface area contributed by atoms with Crippen LogP contribution in [0.25, 0.3) is 11.0 Å². The van der Waals surface area contributed by atoms with Crippen LogP contribution in [0.1, 0.15) is 0 Å². The van der Waals surface area contributed by atoms with E-state index in [-0.39, 0.29) is 6.61 Å². The summed E-state index contributed by atoms with van der Waals surface area (Å²) in [4.78, 5) is 8.28. The molecule has 0 amide bonds. The maximum absolute atomic E-state index is 9.90. The van der Waals surface area contributed by atoms with Crippen molar-refractivity contribution in [1.29, 1.82) is 0 Å². The highest BCUT2D eigenvalue weighted by Crippen LogP contribution is 2.15. The van der Waals surface area contributed by atoms with Crippen molar-refractivity contribution in [2.24, 2.45) is 0 Å². The van der Waals surface area contributed by atoms with Crippen molar-refractivity contribution in [3.63, 3.8) is 0 Å². The minimum atomic E-state index is -0.565. The first-order valence-corrected chi connectivity index (χ1v) is 7.77. The van der Waals surface area contributed by atoms with Gasteiger partial charge in [-0.15, -0.1) is 0 Å². The number of H-pyrrole nitrogens is 1. The van der Waals surface area contributed by atoms with Crippen molar-refractivity contribution in [3.05, 3.63) is 42.9 Å². The lowest BCUT2D eigenvalue weighted by Gasteiger charge is -2.13. The van der Waals surface area contributed by atoms with E-state index in [9.17, 15) is 5.11 Å². The van der Waals surface area contributed by atoms with Crippen LogP contribution in [0.2, 0.25) is 0 Å². The van der Waals surface area contributed by atoms with Gasteiger partial charge in [0.2, 0.25) is 0 Å². The topological polar surface area (TPSA) is 108 Å². The Labute approximate surface area is 139 Å². The second-order valence-electron chi connectivity index (χ2n) is 5.26. The van der Waals surface area contributed by atoms with Gasteiger partial charge in [0, 0.05) is 19.6 Å². The van der Waals surface area contributed by atoms with Gasteiger partial charge in [-0.05, 0) is 12.1 Å². The third-order valence-corrected chi connectivity index (χ3v) is 3.41. The average Bonchev–Trinajstić information content (AvgIpc) is 3.10. The molecule has 8 heteroatoms. The molecule has 126 valence electrons. The van der Waals surface area contributed by atoms with E-state index in [1.54, 1.807) is 6.20 Å². The third kappa shape index (κ3) is 4.40. The Hall–Kier alpha value is -2.71. The Morgan fingerprint density at radius 2 is 2.04 bits per heavy atom. The van der Waals surface area contributed by atoms with Gasteiger partial charge in [0.05, 0.1) is 11.6 Å². The van der Waals surface area contributed by atoms with Gasteiger partial charge in [0.1, 0.15) is 30.6 Å². The number of fused-ring (bicyclic) bond motifs is 1. The summed E-state index contributed by atoms with van der Waals surface area (Å²) < 4.78 is 5.50. The van der Waals surface area contributed by atoms with E-state index in [4.69, 9.17) is 4.74 Å². The zero-order chi connectivity index (χ0) is 16.6. The quantitative estimate of drug-likeness (QED) is 0.430. The van der Waals surface area contributed by atoms with E-state index < -0.39 is 6.10 Å². The predicted molar refractivity (Wildman–Crippen MR) is 91.0 cm³/mol. The number of nitrogens with zero attached hydrogens (tertiary/aromatic N) is 3. The lowest BCUT2D eigenvalue weighted by molar-refractivity contribution is 0.107. The second kappa shape index (κ2) is 8.23. The molecule has 0 bridgehead atoms. The summed E-state index contributed by atoms with van der Waals surface area (Å²) in [5.74, 6) is 1.50. The van der Waals surface area contributed by atoms with E-state index in [2.05, 4.69) is 30.8 Å². The van der Waals surface area contributed by atoms with Gasteiger partial charge in [-0.1, -0.05) is 18.2 Å². The number of aliphatic hydroxyl groups is 1. The predicted octanol–water partition coefficient (Wildman–Crippen LogP) is 0.794. The maximum Gasteiger partial charge on any atom is 0.160 e. The van der Waals surface area contributed by atoms with Crippen molar-refractivity contribution in [2.45, 2.75) is 6.10 Å². The number of hydrogen-bond acceptors (Lipinski definition) is 7. The van der Waals surface area contributed by atoms with E-state index in [0.29, 0.717) is 25.3 Å². The van der Waals surface area contributed by atoms with Crippen LogP contribution >= 0.6 is 0 Å². The second-order valence-corrected chi connectivity index (χ2v) is 5.26. The number of aromatic nitrogens is 4. The number of rotatable bonds is 9. The zero-order valence-corrected chi connectivity index (χ0v) is 13.1. The lowest BCUT2D eigenvalue weighted by Crippen LogP contribution is -2.34. The molecule has 0 aliphatic carbocycles. The number of aliphatic hydroxyl groups excluding tert-OH is 1. The van der Waals surface area contributed by atoms with Crippen LogP contribution in [0.3, 0.4) is 0 Å². The summed E-state index contributed by atoms with van der Waals surface area (Å²) in [5, 5.41) is 23.9. The van der Waals surface area contributed by atoms with Gasteiger partial charge >= 0.3 is 0 Å². The van der Waals surface area contributed by atoms with Crippen molar-refractivity contribution < 1.29 is 9.84 Å². The van der Waals surface area contributed by atoms with E-state index >= 15 is 0 Å². The Balaban J connectivity index is 1.33. The van der Waals surface area contributed by atoms with E-state index in [1.165, 1.54) is 6.33 Å². The normalized spacial score (nSPS) is 12.2. The number of anilines is 1. The summed E-state index contributed by atoms with van der Waals surface area (Å²) in [7, 11) is 0. The highest BCUT2D eigenvalue weighted by molar-refractivity contribution is 5.85. The molecule has 0 aliphatic heterocycles. The fraction of sp³-hybridized carbons (Fsp3) is 0.312. The summed E-state index contributed by atoms with van der Waals surface area (Å²) >= 11 is 0. The SMILES string of the molecule is OC(CNCCNc1ncnc2[nH]ncc12)COc1ccccc1. The van der Waals surface area contributed by atoms with Gasteiger partial charge in [-0.2, -0.15) is 5.10 Å². The van der Waals surface area contributed by atoms with Crippen LogP contribution in [-0.2, 0) is 0 Å². The Kier molecular flexibility index (Phi) is 5.54. The minimum Gasteiger partial charge on any atom is -0.491 e. The number of aromatic amines is 1. The van der Waals surface area contributed by atoms with Gasteiger partial charge in [0.25, 0.3) is 0 Å². The molecule has 0 spiro atoms. The summed E-state index contributed by atoms with van der Waals surface area (Å²) in [6.07, 6.45) is 2.61. The van der Waals surface area contributed by atoms with E-state index in [0.717, 1.165) is 17.0 Å². The van der Waals surface area contributed by atoms with Crippen molar-refractivity contribution in [1.82, 2.24) is 25.5 Å². The fourth-order valence-corrected chi connectivity index (χ4v) is 2.21. The third-order valence-electron chi connectivity index (χ3n) is 3.41. The van der Waals surface area contributed by atoms with Crippen molar-refractivity contribution in [2.75, 3.05) is 31.6 Å². The Morgan fingerprint density at radius 1 is 1.17 bits per heavy atom. The van der Waals surface area contributed by atoms with Crippen LogP contribution in [-0.4, -0.2) is 57.6 Å². The first-order chi connectivity index (χ1) is 11.8. The molecule has 2 heterocycles. The maximum atomic E-state index is 9.90. The molecule has 0 aliphatic rings. The first kappa shape index (κ1) is 16.2. The van der Waals surface area contributed by atoms with E-state index in [1.807, 2.05) is 30.3 Å². The van der Waals surface area contributed by atoms with Gasteiger partial charge in [0.15, 0.2) is 5.65 Å². The number of benzene rings is 1. The molecule has 1 aromatic carbocycles. The zero-order valence-electron chi connectivity index (χ0n) is 13.1. The Morgan fingerprint density at radius 3 is 2.92 bits per heavy atom. The van der Waals surface area contributed by atoms with Crippen LogP contribution in [0.15, 0.2) is 42.9 Å². The molecule has 1 unspecified atom stereocenters. The number of para-hydroxylation sites is 1. The molecule has 0 radical (unpaired) electrons.